The molecule has 0 radical (unpaired) electrons. The van der Waals surface area contributed by atoms with E-state index in [4.69, 9.17) is 0 Å². The summed E-state index contributed by atoms with van der Waals surface area (Å²) >= 11 is 0. The lowest BCUT2D eigenvalue weighted by atomic mass is 10.3. The van der Waals surface area contributed by atoms with Crippen LogP contribution in [0.25, 0.3) is 0 Å². The van der Waals surface area contributed by atoms with Crippen LogP contribution in [0.15, 0.2) is 11.8 Å². The Kier molecular flexibility index (Phi) is 3.73. The molecular weight excluding hydrogens is 216 g/mol. The molecule has 6 heteroatoms. The van der Waals surface area contributed by atoms with E-state index in [2.05, 4.69) is 10.6 Å². The Morgan fingerprint density at radius 1 is 1.40 bits per heavy atom. The number of rotatable bonds is 2. The molecule has 1 unspecified atom stereocenters. The Bertz CT molecular complexity index is 369. The number of urea groups is 1. The minimum atomic E-state index is -2.93. The maximum atomic E-state index is 11.3. The lowest BCUT2D eigenvalue weighted by Gasteiger charge is -2.10. The van der Waals surface area contributed by atoms with Gasteiger partial charge in [-0.25, -0.2) is 13.2 Å². The molecule has 2 N–H and O–H groups in total. The second kappa shape index (κ2) is 4.65. The van der Waals surface area contributed by atoms with Crippen molar-refractivity contribution < 1.29 is 13.2 Å². The Labute approximate surface area is 89.8 Å². The zero-order valence-electron chi connectivity index (χ0n) is 8.91. The van der Waals surface area contributed by atoms with Crippen LogP contribution in [-0.2, 0) is 9.84 Å². The van der Waals surface area contributed by atoms with Crippen molar-refractivity contribution in [3.05, 3.63) is 11.8 Å². The molecule has 5 nitrogen and oxygen atoms in total. The van der Waals surface area contributed by atoms with Gasteiger partial charge in [0, 0.05) is 12.2 Å². The molecule has 1 rings (SSSR count). The molecule has 1 aliphatic rings. The Morgan fingerprint density at radius 3 is 2.53 bits per heavy atom. The third kappa shape index (κ3) is 4.33. The van der Waals surface area contributed by atoms with E-state index in [9.17, 15) is 13.2 Å². The van der Waals surface area contributed by atoms with Crippen LogP contribution in [0.1, 0.15) is 20.3 Å². The highest BCUT2D eigenvalue weighted by atomic mass is 32.2. The van der Waals surface area contributed by atoms with Crippen molar-refractivity contribution in [3.8, 4) is 0 Å². The monoisotopic (exact) mass is 232 g/mol. The van der Waals surface area contributed by atoms with Crippen LogP contribution in [0.4, 0.5) is 4.79 Å². The van der Waals surface area contributed by atoms with Gasteiger partial charge in [0.2, 0.25) is 0 Å². The SMILES string of the molecule is CC(C)=CNC(=O)NC1CCS(=O)(=O)C1. The van der Waals surface area contributed by atoms with Gasteiger partial charge < -0.3 is 10.6 Å². The summed E-state index contributed by atoms with van der Waals surface area (Å²) in [6.45, 7) is 3.72. The molecule has 0 bridgehead atoms. The molecule has 0 aliphatic carbocycles. The molecule has 1 fully saturated rings. The predicted molar refractivity (Wildman–Crippen MR) is 58.2 cm³/mol. The fourth-order valence-electron chi connectivity index (χ4n) is 1.35. The summed E-state index contributed by atoms with van der Waals surface area (Å²) < 4.78 is 22.2. The fourth-order valence-corrected chi connectivity index (χ4v) is 3.02. The van der Waals surface area contributed by atoms with Crippen molar-refractivity contribution in [3.63, 3.8) is 0 Å². The van der Waals surface area contributed by atoms with Gasteiger partial charge in [-0.05, 0) is 20.3 Å². The normalized spacial score (nSPS) is 23.2. The van der Waals surface area contributed by atoms with Gasteiger partial charge in [-0.15, -0.1) is 0 Å². The molecule has 0 aromatic carbocycles. The van der Waals surface area contributed by atoms with E-state index in [-0.39, 0.29) is 23.6 Å². The van der Waals surface area contributed by atoms with E-state index >= 15 is 0 Å². The molecule has 1 heterocycles. The van der Waals surface area contributed by atoms with Crippen LogP contribution < -0.4 is 10.6 Å². The second-order valence-corrected chi connectivity index (χ2v) is 6.17. The van der Waals surface area contributed by atoms with E-state index in [0.717, 1.165) is 5.57 Å². The molecule has 2 amide bonds. The fraction of sp³-hybridized carbons (Fsp3) is 0.667. The third-order valence-electron chi connectivity index (χ3n) is 2.06. The van der Waals surface area contributed by atoms with Gasteiger partial charge in [0.05, 0.1) is 11.5 Å². The minimum Gasteiger partial charge on any atom is -0.334 e. The van der Waals surface area contributed by atoms with Gasteiger partial charge >= 0.3 is 6.03 Å². The quantitative estimate of drug-likeness (QED) is 0.723. The van der Waals surface area contributed by atoms with Gasteiger partial charge in [-0.3, -0.25) is 0 Å². The third-order valence-corrected chi connectivity index (χ3v) is 3.83. The standard InChI is InChI=1S/C9H16N2O3S/c1-7(2)5-10-9(12)11-8-3-4-15(13,14)6-8/h5,8H,3-4,6H2,1-2H3,(H2,10,11,12). The van der Waals surface area contributed by atoms with Gasteiger partial charge in [0.1, 0.15) is 0 Å². The first kappa shape index (κ1) is 12.0. The largest absolute Gasteiger partial charge is 0.334 e. The van der Waals surface area contributed by atoms with Gasteiger partial charge in [0.25, 0.3) is 0 Å². The number of carbonyl (C=O) groups excluding carboxylic acids is 1. The molecule has 15 heavy (non-hydrogen) atoms. The molecule has 0 aromatic heterocycles. The summed E-state index contributed by atoms with van der Waals surface area (Å²) in [7, 11) is -2.93. The first-order valence-electron chi connectivity index (χ1n) is 4.80. The zero-order valence-corrected chi connectivity index (χ0v) is 9.73. The molecule has 86 valence electrons. The predicted octanol–water partition coefficient (Wildman–Crippen LogP) is 0.396. The first-order valence-corrected chi connectivity index (χ1v) is 6.62. The van der Waals surface area contributed by atoms with Crippen molar-refractivity contribution in [1.29, 1.82) is 0 Å². The summed E-state index contributed by atoms with van der Waals surface area (Å²) in [6.07, 6.45) is 2.09. The van der Waals surface area contributed by atoms with E-state index in [1.807, 2.05) is 13.8 Å². The van der Waals surface area contributed by atoms with E-state index < -0.39 is 9.84 Å². The number of hydrogen-bond donors (Lipinski definition) is 2. The molecule has 0 saturated carbocycles. The lowest BCUT2D eigenvalue weighted by molar-refractivity contribution is 0.241. The zero-order chi connectivity index (χ0) is 11.5. The number of carbonyl (C=O) groups is 1. The molecular formula is C9H16N2O3S. The van der Waals surface area contributed by atoms with Crippen molar-refractivity contribution in [2.75, 3.05) is 11.5 Å². The average Bonchev–Trinajstić information content (AvgIpc) is 2.42. The molecule has 0 spiro atoms. The van der Waals surface area contributed by atoms with Crippen LogP contribution >= 0.6 is 0 Å². The highest BCUT2D eigenvalue weighted by Crippen LogP contribution is 2.10. The summed E-state index contributed by atoms with van der Waals surface area (Å²) in [6, 6.07) is -0.598. The topological polar surface area (TPSA) is 75.3 Å². The highest BCUT2D eigenvalue weighted by molar-refractivity contribution is 7.91. The maximum absolute atomic E-state index is 11.3. The van der Waals surface area contributed by atoms with Crippen LogP contribution in [0.2, 0.25) is 0 Å². The lowest BCUT2D eigenvalue weighted by Crippen LogP contribution is -2.40. The van der Waals surface area contributed by atoms with Crippen molar-refractivity contribution in [2.45, 2.75) is 26.3 Å². The van der Waals surface area contributed by atoms with Crippen LogP contribution in [0, 0.1) is 0 Å². The number of hydrogen-bond acceptors (Lipinski definition) is 3. The summed E-state index contributed by atoms with van der Waals surface area (Å²) in [5.74, 6) is 0.218. The molecule has 1 saturated heterocycles. The highest BCUT2D eigenvalue weighted by Gasteiger charge is 2.28. The second-order valence-electron chi connectivity index (χ2n) is 3.94. The smallest absolute Gasteiger partial charge is 0.319 e. The number of allylic oxidation sites excluding steroid dienone is 1. The average molecular weight is 232 g/mol. The number of amides is 2. The Hall–Kier alpha value is -1.04. The summed E-state index contributed by atoms with van der Waals surface area (Å²) in [5, 5.41) is 5.15. The van der Waals surface area contributed by atoms with E-state index in [1.54, 1.807) is 6.20 Å². The van der Waals surface area contributed by atoms with E-state index in [0.29, 0.717) is 6.42 Å². The van der Waals surface area contributed by atoms with Crippen molar-refractivity contribution >= 4 is 15.9 Å². The molecule has 1 aliphatic heterocycles. The summed E-state index contributed by atoms with van der Waals surface area (Å²) in [5.41, 5.74) is 0.976. The van der Waals surface area contributed by atoms with Crippen LogP contribution in [0.5, 0.6) is 0 Å². The van der Waals surface area contributed by atoms with Gasteiger partial charge in [-0.2, -0.15) is 0 Å². The van der Waals surface area contributed by atoms with E-state index in [1.165, 1.54) is 0 Å². The Morgan fingerprint density at radius 2 is 2.07 bits per heavy atom. The van der Waals surface area contributed by atoms with Gasteiger partial charge in [-0.1, -0.05) is 5.57 Å². The maximum Gasteiger partial charge on any atom is 0.319 e. The van der Waals surface area contributed by atoms with Crippen molar-refractivity contribution in [2.24, 2.45) is 0 Å². The van der Waals surface area contributed by atoms with Crippen LogP contribution in [0.3, 0.4) is 0 Å². The Balaban J connectivity index is 2.37. The molecule has 1 atom stereocenters. The number of sulfone groups is 1. The summed E-state index contributed by atoms with van der Waals surface area (Å²) in [4.78, 5) is 11.3. The van der Waals surface area contributed by atoms with Crippen molar-refractivity contribution in [1.82, 2.24) is 10.6 Å². The van der Waals surface area contributed by atoms with Crippen LogP contribution in [-0.4, -0.2) is 32.0 Å². The first-order chi connectivity index (χ1) is 6.89. The van der Waals surface area contributed by atoms with Gasteiger partial charge in [0.15, 0.2) is 9.84 Å². The molecule has 0 aromatic rings. The minimum absolute atomic E-state index is 0.0508. The number of nitrogens with one attached hydrogen (secondary N) is 2.